The molecule has 0 aliphatic heterocycles. The smallest absolute Gasteiger partial charge is 0.307 e. The summed E-state index contributed by atoms with van der Waals surface area (Å²) >= 11 is 0. The number of carbonyl (C=O) groups is 2. The van der Waals surface area contributed by atoms with Crippen LogP contribution in [0.3, 0.4) is 0 Å². The van der Waals surface area contributed by atoms with E-state index in [9.17, 15) is 9.59 Å². The van der Waals surface area contributed by atoms with Crippen LogP contribution >= 0.6 is 0 Å². The summed E-state index contributed by atoms with van der Waals surface area (Å²) in [4.78, 5) is 21.6. The first kappa shape index (κ1) is 26.7. The van der Waals surface area contributed by atoms with Gasteiger partial charge in [-0.1, -0.05) is 103 Å². The van der Waals surface area contributed by atoms with E-state index in [1.165, 1.54) is 83.5 Å². The van der Waals surface area contributed by atoms with Gasteiger partial charge in [0, 0.05) is 0 Å². The molecule has 0 aromatic carbocycles. The van der Waals surface area contributed by atoms with Gasteiger partial charge in [-0.2, -0.15) is 0 Å². The van der Waals surface area contributed by atoms with Gasteiger partial charge in [0.25, 0.3) is 0 Å². The summed E-state index contributed by atoms with van der Waals surface area (Å²) in [7, 11) is 0. The summed E-state index contributed by atoms with van der Waals surface area (Å²) in [5, 5.41) is 17.7. The lowest BCUT2D eigenvalue weighted by atomic mass is 9.97. The fraction of sp³-hybridized carbons (Fsp3) is 0.833. The summed E-state index contributed by atoms with van der Waals surface area (Å²) in [5.41, 5.74) is 0. The van der Waals surface area contributed by atoms with Gasteiger partial charge in [0.05, 0.1) is 12.3 Å². The molecular formula is C24H44O4. The molecule has 0 aliphatic carbocycles. The van der Waals surface area contributed by atoms with Gasteiger partial charge < -0.3 is 10.2 Å². The predicted molar refractivity (Wildman–Crippen MR) is 117 cm³/mol. The molecule has 0 radical (unpaired) electrons. The molecule has 0 spiro atoms. The van der Waals surface area contributed by atoms with Crippen molar-refractivity contribution in [2.24, 2.45) is 5.92 Å². The van der Waals surface area contributed by atoms with E-state index in [-0.39, 0.29) is 6.42 Å². The Bertz CT molecular complexity index is 403. The molecule has 164 valence electrons. The van der Waals surface area contributed by atoms with E-state index >= 15 is 0 Å². The normalized spacial score (nSPS) is 12.5. The summed E-state index contributed by atoms with van der Waals surface area (Å²) in [5.74, 6) is -2.73. The number of allylic oxidation sites excluding steroid dienone is 2. The van der Waals surface area contributed by atoms with Crippen LogP contribution in [-0.2, 0) is 9.59 Å². The number of aliphatic carboxylic acids is 2. The second-order valence-electron chi connectivity index (χ2n) is 8.07. The molecular weight excluding hydrogens is 352 g/mol. The third kappa shape index (κ3) is 19.4. The molecule has 2 N–H and O–H groups in total. The minimum atomic E-state index is -1.02. The number of carboxylic acid groups (broad SMARTS) is 2. The Kier molecular flexibility index (Phi) is 19.5. The lowest BCUT2D eigenvalue weighted by Crippen LogP contribution is -2.17. The standard InChI is InChI=1S/C24H44O4/c1-2-3-4-5-6-7-8-9-10-11-12-13-14-15-16-17-18-19-20-22(24(27)28)21-23(25)26/h5-6,22H,2-4,7-21H2,1H3,(H,25,26)(H,27,28)/b6-5+. The first-order chi connectivity index (χ1) is 13.6. The second-order valence-corrected chi connectivity index (χ2v) is 8.07. The van der Waals surface area contributed by atoms with Crippen molar-refractivity contribution in [2.75, 3.05) is 0 Å². The Balaban J connectivity index is 3.28. The zero-order valence-corrected chi connectivity index (χ0v) is 18.2. The maximum absolute atomic E-state index is 11.0. The summed E-state index contributed by atoms with van der Waals surface area (Å²) in [6, 6.07) is 0. The van der Waals surface area contributed by atoms with Gasteiger partial charge in [0.1, 0.15) is 0 Å². The fourth-order valence-electron chi connectivity index (χ4n) is 3.50. The van der Waals surface area contributed by atoms with Gasteiger partial charge in [-0.3, -0.25) is 9.59 Å². The van der Waals surface area contributed by atoms with E-state index in [1.807, 2.05) is 0 Å². The van der Waals surface area contributed by atoms with Crippen molar-refractivity contribution in [2.45, 2.75) is 122 Å². The van der Waals surface area contributed by atoms with Gasteiger partial charge in [0.15, 0.2) is 0 Å². The number of unbranched alkanes of at least 4 members (excludes halogenated alkanes) is 14. The Morgan fingerprint density at radius 3 is 1.54 bits per heavy atom. The molecule has 0 heterocycles. The van der Waals surface area contributed by atoms with Crippen LogP contribution < -0.4 is 0 Å². The molecule has 0 saturated heterocycles. The molecule has 0 aromatic heterocycles. The first-order valence-corrected chi connectivity index (χ1v) is 11.7. The lowest BCUT2D eigenvalue weighted by Gasteiger charge is -2.09. The quantitative estimate of drug-likeness (QED) is 0.157. The molecule has 1 atom stereocenters. The summed E-state index contributed by atoms with van der Waals surface area (Å²) in [6.45, 7) is 2.24. The monoisotopic (exact) mass is 396 g/mol. The molecule has 0 aliphatic rings. The molecule has 0 bridgehead atoms. The topological polar surface area (TPSA) is 74.6 Å². The molecule has 0 saturated carbocycles. The molecule has 4 nitrogen and oxygen atoms in total. The highest BCUT2D eigenvalue weighted by molar-refractivity contribution is 5.77. The van der Waals surface area contributed by atoms with Crippen molar-refractivity contribution in [3.8, 4) is 0 Å². The van der Waals surface area contributed by atoms with Crippen LogP contribution in [0.2, 0.25) is 0 Å². The Labute approximate surface area is 172 Å². The van der Waals surface area contributed by atoms with Crippen LogP contribution in [0.25, 0.3) is 0 Å². The third-order valence-corrected chi connectivity index (χ3v) is 5.33. The minimum absolute atomic E-state index is 0.259. The van der Waals surface area contributed by atoms with Gasteiger partial charge in [-0.25, -0.2) is 0 Å². The fourth-order valence-corrected chi connectivity index (χ4v) is 3.50. The summed E-state index contributed by atoms with van der Waals surface area (Å²) < 4.78 is 0. The highest BCUT2D eigenvalue weighted by Gasteiger charge is 2.20. The molecule has 4 heteroatoms. The van der Waals surface area contributed by atoms with Crippen molar-refractivity contribution in [1.29, 1.82) is 0 Å². The van der Waals surface area contributed by atoms with E-state index in [0.29, 0.717) is 6.42 Å². The van der Waals surface area contributed by atoms with Crippen molar-refractivity contribution >= 4 is 11.9 Å². The first-order valence-electron chi connectivity index (χ1n) is 11.7. The van der Waals surface area contributed by atoms with Crippen molar-refractivity contribution in [3.63, 3.8) is 0 Å². The van der Waals surface area contributed by atoms with E-state index in [2.05, 4.69) is 19.1 Å². The van der Waals surface area contributed by atoms with E-state index in [0.717, 1.165) is 19.3 Å². The van der Waals surface area contributed by atoms with Gasteiger partial charge in [-0.05, 0) is 25.7 Å². The molecule has 0 aromatic rings. The van der Waals surface area contributed by atoms with Gasteiger partial charge in [0.2, 0.25) is 0 Å². The van der Waals surface area contributed by atoms with E-state index in [4.69, 9.17) is 10.2 Å². The highest BCUT2D eigenvalue weighted by Crippen LogP contribution is 2.17. The molecule has 0 amide bonds. The number of hydrogen-bond donors (Lipinski definition) is 2. The molecule has 28 heavy (non-hydrogen) atoms. The second kappa shape index (κ2) is 20.4. The average molecular weight is 397 g/mol. The molecule has 0 rings (SSSR count). The van der Waals surface area contributed by atoms with Crippen molar-refractivity contribution in [1.82, 2.24) is 0 Å². The Morgan fingerprint density at radius 1 is 0.679 bits per heavy atom. The average Bonchev–Trinajstić information content (AvgIpc) is 2.65. The van der Waals surface area contributed by atoms with Crippen LogP contribution in [0.4, 0.5) is 0 Å². The SMILES string of the molecule is CCCC/C=C/CCCCCCCCCCCCCCC(CC(=O)O)C(=O)O. The maximum Gasteiger partial charge on any atom is 0.307 e. The van der Waals surface area contributed by atoms with Crippen LogP contribution in [0, 0.1) is 5.92 Å². The number of carboxylic acids is 2. The largest absolute Gasteiger partial charge is 0.481 e. The van der Waals surface area contributed by atoms with Gasteiger partial charge in [-0.15, -0.1) is 0 Å². The lowest BCUT2D eigenvalue weighted by molar-refractivity contribution is -0.148. The van der Waals surface area contributed by atoms with Crippen LogP contribution in [0.1, 0.15) is 122 Å². The number of rotatable bonds is 21. The van der Waals surface area contributed by atoms with E-state index < -0.39 is 17.9 Å². The van der Waals surface area contributed by atoms with Crippen LogP contribution in [-0.4, -0.2) is 22.2 Å². The van der Waals surface area contributed by atoms with Crippen molar-refractivity contribution < 1.29 is 19.8 Å². The summed E-state index contributed by atoms with van der Waals surface area (Å²) in [6.07, 6.45) is 24.8. The van der Waals surface area contributed by atoms with Gasteiger partial charge >= 0.3 is 11.9 Å². The molecule has 1 unspecified atom stereocenters. The Morgan fingerprint density at radius 2 is 1.11 bits per heavy atom. The zero-order valence-electron chi connectivity index (χ0n) is 18.2. The highest BCUT2D eigenvalue weighted by atomic mass is 16.4. The minimum Gasteiger partial charge on any atom is -0.481 e. The molecule has 0 fully saturated rings. The number of hydrogen-bond acceptors (Lipinski definition) is 2. The van der Waals surface area contributed by atoms with Crippen molar-refractivity contribution in [3.05, 3.63) is 12.2 Å². The van der Waals surface area contributed by atoms with Crippen LogP contribution in [0.15, 0.2) is 12.2 Å². The van der Waals surface area contributed by atoms with Crippen LogP contribution in [0.5, 0.6) is 0 Å². The Hall–Kier alpha value is -1.32. The predicted octanol–water partition coefficient (Wildman–Crippen LogP) is 7.37. The maximum atomic E-state index is 11.0. The third-order valence-electron chi connectivity index (χ3n) is 5.33. The zero-order chi connectivity index (χ0) is 20.9. The van der Waals surface area contributed by atoms with E-state index in [1.54, 1.807) is 0 Å².